The fourth-order valence-corrected chi connectivity index (χ4v) is 3.58. The van der Waals surface area contributed by atoms with Crippen molar-refractivity contribution in [1.29, 1.82) is 0 Å². The maximum absolute atomic E-state index is 13.1. The molecule has 1 N–H and O–H groups in total. The molecule has 0 bridgehead atoms. The van der Waals surface area contributed by atoms with Crippen molar-refractivity contribution >= 4 is 17.2 Å². The number of pyridine rings is 2. The number of carbonyl (C=O) groups is 1. The summed E-state index contributed by atoms with van der Waals surface area (Å²) in [7, 11) is 1.75. The third kappa shape index (κ3) is 3.57. The first-order valence-corrected chi connectivity index (χ1v) is 9.89. The van der Waals surface area contributed by atoms with Crippen molar-refractivity contribution in [2.24, 2.45) is 7.05 Å². The van der Waals surface area contributed by atoms with Crippen LogP contribution < -0.4 is 5.32 Å². The van der Waals surface area contributed by atoms with Gasteiger partial charge in [-0.15, -0.1) is 0 Å². The van der Waals surface area contributed by atoms with Crippen LogP contribution in [0.15, 0.2) is 79.4 Å². The second-order valence-electron chi connectivity index (χ2n) is 7.38. The second kappa shape index (κ2) is 7.53. The first kappa shape index (κ1) is 18.7. The Balaban J connectivity index is 1.45. The molecule has 0 saturated heterocycles. The highest BCUT2D eigenvalue weighted by Gasteiger charge is 2.19. The molecule has 7 heteroatoms. The van der Waals surface area contributed by atoms with Crippen LogP contribution in [-0.2, 0) is 7.05 Å². The van der Waals surface area contributed by atoms with Crippen molar-refractivity contribution in [3.8, 4) is 22.5 Å². The third-order valence-electron chi connectivity index (χ3n) is 5.13. The highest BCUT2D eigenvalue weighted by Crippen LogP contribution is 2.24. The number of anilines is 1. The Morgan fingerprint density at radius 3 is 2.68 bits per heavy atom. The number of nitrogens with zero attached hydrogens (tertiary/aromatic N) is 5. The quantitative estimate of drug-likeness (QED) is 0.479. The molecule has 0 aliphatic rings. The summed E-state index contributed by atoms with van der Waals surface area (Å²) in [5, 5.41) is 7.24. The van der Waals surface area contributed by atoms with Crippen LogP contribution >= 0.6 is 0 Å². The topological polar surface area (TPSA) is 77.1 Å². The standard InChI is InChI=1S/C24H20N6O/c1-16-8-10-25-20(12-16)19-14-26-29(2)23(19)24(31)27-18-9-11-30-15-21(28-22(30)13-18)17-6-4-3-5-7-17/h3-15H,1-2H3,(H,27,31). The molecule has 0 spiro atoms. The Kier molecular flexibility index (Phi) is 4.55. The van der Waals surface area contributed by atoms with E-state index in [4.69, 9.17) is 4.98 Å². The van der Waals surface area contributed by atoms with Crippen molar-refractivity contribution in [2.45, 2.75) is 6.92 Å². The lowest BCUT2D eigenvalue weighted by atomic mass is 10.1. The van der Waals surface area contributed by atoms with Gasteiger partial charge in [-0.2, -0.15) is 5.10 Å². The molecular formula is C24H20N6O. The van der Waals surface area contributed by atoms with E-state index < -0.39 is 0 Å². The molecule has 5 rings (SSSR count). The third-order valence-corrected chi connectivity index (χ3v) is 5.13. The minimum atomic E-state index is -0.252. The normalized spacial score (nSPS) is 11.0. The van der Waals surface area contributed by atoms with E-state index in [-0.39, 0.29) is 5.91 Å². The van der Waals surface area contributed by atoms with Crippen molar-refractivity contribution in [2.75, 3.05) is 5.32 Å². The monoisotopic (exact) mass is 408 g/mol. The van der Waals surface area contributed by atoms with Gasteiger partial charge >= 0.3 is 0 Å². The van der Waals surface area contributed by atoms with Crippen LogP contribution in [-0.4, -0.2) is 30.1 Å². The molecule has 0 fully saturated rings. The lowest BCUT2D eigenvalue weighted by molar-refractivity contribution is 0.101. The first-order chi connectivity index (χ1) is 15.1. The molecule has 4 aromatic heterocycles. The number of carbonyl (C=O) groups excluding carboxylic acids is 1. The summed E-state index contributed by atoms with van der Waals surface area (Å²) in [4.78, 5) is 22.2. The van der Waals surface area contributed by atoms with E-state index in [1.807, 2.05) is 78.3 Å². The van der Waals surface area contributed by atoms with Crippen LogP contribution in [0.5, 0.6) is 0 Å². The Morgan fingerprint density at radius 2 is 1.87 bits per heavy atom. The number of amides is 1. The maximum Gasteiger partial charge on any atom is 0.274 e. The van der Waals surface area contributed by atoms with Crippen molar-refractivity contribution in [1.82, 2.24) is 24.1 Å². The highest BCUT2D eigenvalue weighted by atomic mass is 16.2. The molecular weight excluding hydrogens is 388 g/mol. The van der Waals surface area contributed by atoms with E-state index in [1.165, 1.54) is 0 Å². The van der Waals surface area contributed by atoms with Crippen LogP contribution in [0.1, 0.15) is 16.1 Å². The van der Waals surface area contributed by atoms with Gasteiger partial charge in [0.2, 0.25) is 0 Å². The largest absolute Gasteiger partial charge is 0.320 e. The van der Waals surface area contributed by atoms with Gasteiger partial charge in [-0.1, -0.05) is 30.3 Å². The number of hydrogen-bond donors (Lipinski definition) is 1. The predicted octanol–water partition coefficient (Wildman–Crippen LogP) is 4.36. The summed E-state index contributed by atoms with van der Waals surface area (Å²) < 4.78 is 3.50. The molecule has 5 aromatic rings. The summed E-state index contributed by atoms with van der Waals surface area (Å²) in [6, 6.07) is 17.6. The van der Waals surface area contributed by atoms with E-state index in [0.29, 0.717) is 16.9 Å². The van der Waals surface area contributed by atoms with E-state index in [1.54, 1.807) is 24.1 Å². The van der Waals surface area contributed by atoms with Gasteiger partial charge in [-0.25, -0.2) is 4.98 Å². The number of aromatic nitrogens is 5. The van der Waals surface area contributed by atoms with Crippen molar-refractivity contribution < 1.29 is 4.79 Å². The van der Waals surface area contributed by atoms with Crippen LogP contribution in [0, 0.1) is 6.92 Å². The van der Waals surface area contributed by atoms with E-state index >= 15 is 0 Å². The zero-order valence-electron chi connectivity index (χ0n) is 17.1. The van der Waals surface area contributed by atoms with Crippen LogP contribution in [0.25, 0.3) is 28.2 Å². The molecule has 31 heavy (non-hydrogen) atoms. The number of imidazole rings is 1. The molecule has 152 valence electrons. The van der Waals surface area contributed by atoms with E-state index in [9.17, 15) is 4.79 Å². The molecule has 1 aromatic carbocycles. The smallest absolute Gasteiger partial charge is 0.274 e. The predicted molar refractivity (Wildman–Crippen MR) is 120 cm³/mol. The van der Waals surface area contributed by atoms with Gasteiger partial charge in [0.15, 0.2) is 0 Å². The average Bonchev–Trinajstić information content (AvgIpc) is 3.37. The second-order valence-corrected chi connectivity index (χ2v) is 7.38. The number of aryl methyl sites for hydroxylation is 2. The fourth-order valence-electron chi connectivity index (χ4n) is 3.58. The molecule has 4 heterocycles. The van der Waals surface area contributed by atoms with Gasteiger partial charge in [0.1, 0.15) is 11.3 Å². The van der Waals surface area contributed by atoms with Crippen LogP contribution in [0.2, 0.25) is 0 Å². The van der Waals surface area contributed by atoms with E-state index in [0.717, 1.165) is 28.2 Å². The van der Waals surface area contributed by atoms with Gasteiger partial charge in [-0.05, 0) is 30.7 Å². The number of benzene rings is 1. The first-order valence-electron chi connectivity index (χ1n) is 9.89. The molecule has 0 radical (unpaired) electrons. The maximum atomic E-state index is 13.1. The molecule has 0 unspecified atom stereocenters. The highest BCUT2D eigenvalue weighted by molar-refractivity contribution is 6.07. The van der Waals surface area contributed by atoms with Crippen LogP contribution in [0.3, 0.4) is 0 Å². The minimum absolute atomic E-state index is 0.252. The Morgan fingerprint density at radius 1 is 1.03 bits per heavy atom. The minimum Gasteiger partial charge on any atom is -0.320 e. The molecule has 1 amide bonds. The number of rotatable bonds is 4. The Bertz CT molecular complexity index is 1400. The Hall–Kier alpha value is -4.26. The van der Waals surface area contributed by atoms with Crippen LogP contribution in [0.4, 0.5) is 5.69 Å². The fraction of sp³-hybridized carbons (Fsp3) is 0.0833. The van der Waals surface area contributed by atoms with E-state index in [2.05, 4.69) is 15.4 Å². The lowest BCUT2D eigenvalue weighted by Crippen LogP contribution is -2.17. The number of nitrogens with one attached hydrogen (secondary N) is 1. The summed E-state index contributed by atoms with van der Waals surface area (Å²) >= 11 is 0. The van der Waals surface area contributed by atoms with Gasteiger partial charge in [0.25, 0.3) is 5.91 Å². The molecule has 0 saturated carbocycles. The molecule has 0 aliphatic heterocycles. The summed E-state index contributed by atoms with van der Waals surface area (Å²) in [6.07, 6.45) is 7.26. The zero-order chi connectivity index (χ0) is 21.4. The summed E-state index contributed by atoms with van der Waals surface area (Å²) in [5.74, 6) is -0.252. The van der Waals surface area contributed by atoms with Gasteiger partial charge in [0.05, 0.1) is 23.1 Å². The number of fused-ring (bicyclic) bond motifs is 1. The molecule has 0 aliphatic carbocycles. The van der Waals surface area contributed by atoms with Gasteiger partial charge < -0.3 is 9.72 Å². The van der Waals surface area contributed by atoms with Crippen molar-refractivity contribution in [3.63, 3.8) is 0 Å². The SMILES string of the molecule is Cc1ccnc(-c2cnn(C)c2C(=O)Nc2ccn3cc(-c4ccccc4)nc3c2)c1. The summed E-state index contributed by atoms with van der Waals surface area (Å²) in [6.45, 7) is 1.99. The molecule has 7 nitrogen and oxygen atoms in total. The van der Waals surface area contributed by atoms with Gasteiger partial charge in [0, 0.05) is 43.0 Å². The number of hydrogen-bond acceptors (Lipinski definition) is 4. The average molecular weight is 408 g/mol. The van der Waals surface area contributed by atoms with Crippen molar-refractivity contribution in [3.05, 3.63) is 90.6 Å². The Labute approximate surface area is 179 Å². The van der Waals surface area contributed by atoms with Gasteiger partial charge in [-0.3, -0.25) is 14.5 Å². The summed E-state index contributed by atoms with van der Waals surface area (Å²) in [5.41, 5.74) is 6.26. The lowest BCUT2D eigenvalue weighted by Gasteiger charge is -2.08. The zero-order valence-corrected chi connectivity index (χ0v) is 17.1. The molecule has 0 atom stereocenters.